The molecule has 0 atom stereocenters. The average Bonchev–Trinajstić information content (AvgIpc) is 2.62. The van der Waals surface area contributed by atoms with Crippen molar-refractivity contribution in [2.75, 3.05) is 39.3 Å². The molecule has 1 saturated heterocycles. The molecular formula is C18H28N4O5S. The molecule has 1 aromatic carbocycles. The molecule has 28 heavy (non-hydrogen) atoms. The van der Waals surface area contributed by atoms with Gasteiger partial charge in [0.25, 0.3) is 0 Å². The van der Waals surface area contributed by atoms with Crippen LogP contribution in [0.1, 0.15) is 20.8 Å². The summed E-state index contributed by atoms with van der Waals surface area (Å²) >= 11 is 0. The maximum Gasteiger partial charge on any atom is 0.321 e. The monoisotopic (exact) mass is 412 g/mol. The van der Waals surface area contributed by atoms with Crippen molar-refractivity contribution in [2.24, 2.45) is 0 Å². The first kappa shape index (κ1) is 22.1. The van der Waals surface area contributed by atoms with Crippen LogP contribution in [0, 0.1) is 0 Å². The molecule has 2 N–H and O–H groups in total. The highest BCUT2D eigenvalue weighted by Gasteiger charge is 2.29. The van der Waals surface area contributed by atoms with E-state index < -0.39 is 22.0 Å². The SMILES string of the molecule is CCOc1ccc(S(=O)(=O)N2CCN(CC(=O)NC(=O)NC(C)C)CC2)cc1. The Balaban J connectivity index is 1.86. The van der Waals surface area contributed by atoms with E-state index in [2.05, 4.69) is 10.6 Å². The highest BCUT2D eigenvalue weighted by atomic mass is 32.2. The Bertz CT molecular complexity index is 772. The van der Waals surface area contributed by atoms with Crippen molar-refractivity contribution in [1.82, 2.24) is 19.8 Å². The highest BCUT2D eigenvalue weighted by Crippen LogP contribution is 2.20. The fourth-order valence-corrected chi connectivity index (χ4v) is 4.24. The Morgan fingerprint density at radius 1 is 1.11 bits per heavy atom. The third kappa shape index (κ3) is 6.18. The zero-order valence-electron chi connectivity index (χ0n) is 16.5. The van der Waals surface area contributed by atoms with Crippen molar-refractivity contribution in [3.05, 3.63) is 24.3 Å². The summed E-state index contributed by atoms with van der Waals surface area (Å²) in [6.45, 7) is 7.40. The summed E-state index contributed by atoms with van der Waals surface area (Å²) in [6.07, 6.45) is 0. The molecule has 0 radical (unpaired) electrons. The lowest BCUT2D eigenvalue weighted by Gasteiger charge is -2.33. The van der Waals surface area contributed by atoms with E-state index in [0.717, 1.165) is 0 Å². The number of carbonyl (C=O) groups excluding carboxylic acids is 2. The van der Waals surface area contributed by atoms with E-state index in [4.69, 9.17) is 4.74 Å². The number of urea groups is 1. The topological polar surface area (TPSA) is 108 Å². The van der Waals surface area contributed by atoms with Crippen LogP contribution < -0.4 is 15.4 Å². The van der Waals surface area contributed by atoms with Gasteiger partial charge < -0.3 is 10.1 Å². The Hall–Kier alpha value is -2.17. The van der Waals surface area contributed by atoms with Gasteiger partial charge in [-0.2, -0.15) is 4.31 Å². The summed E-state index contributed by atoms with van der Waals surface area (Å²) in [7, 11) is -3.59. The molecule has 1 heterocycles. The van der Waals surface area contributed by atoms with Crippen LogP contribution in [0.4, 0.5) is 4.79 Å². The zero-order chi connectivity index (χ0) is 20.7. The number of imide groups is 1. The van der Waals surface area contributed by atoms with Gasteiger partial charge in [0, 0.05) is 32.2 Å². The molecule has 0 aromatic heterocycles. The number of ether oxygens (including phenoxy) is 1. The summed E-state index contributed by atoms with van der Waals surface area (Å²) < 4.78 is 32.3. The number of nitrogens with one attached hydrogen (secondary N) is 2. The predicted molar refractivity (Wildman–Crippen MR) is 105 cm³/mol. The fraction of sp³-hybridized carbons (Fsp3) is 0.556. The van der Waals surface area contributed by atoms with E-state index in [1.165, 1.54) is 16.4 Å². The number of amides is 3. The molecule has 0 bridgehead atoms. The quantitative estimate of drug-likeness (QED) is 0.680. The Morgan fingerprint density at radius 2 is 1.71 bits per heavy atom. The minimum atomic E-state index is -3.59. The Morgan fingerprint density at radius 3 is 2.25 bits per heavy atom. The van der Waals surface area contributed by atoms with Crippen LogP contribution in [-0.2, 0) is 14.8 Å². The van der Waals surface area contributed by atoms with Crippen molar-refractivity contribution >= 4 is 22.0 Å². The van der Waals surface area contributed by atoms with Crippen LogP contribution in [-0.4, -0.2) is 74.9 Å². The van der Waals surface area contributed by atoms with Crippen LogP contribution in [0.15, 0.2) is 29.2 Å². The average molecular weight is 413 g/mol. The first-order chi connectivity index (χ1) is 13.2. The number of nitrogens with zero attached hydrogens (tertiary/aromatic N) is 2. The van der Waals surface area contributed by atoms with E-state index in [-0.39, 0.29) is 30.6 Å². The van der Waals surface area contributed by atoms with Crippen molar-refractivity contribution in [3.8, 4) is 5.75 Å². The van der Waals surface area contributed by atoms with Gasteiger partial charge >= 0.3 is 6.03 Å². The molecule has 2 rings (SSSR count). The number of carbonyl (C=O) groups is 2. The van der Waals surface area contributed by atoms with Gasteiger partial charge in [-0.25, -0.2) is 13.2 Å². The summed E-state index contributed by atoms with van der Waals surface area (Å²) in [5.41, 5.74) is 0. The number of sulfonamides is 1. The van der Waals surface area contributed by atoms with Gasteiger partial charge in [0.2, 0.25) is 15.9 Å². The number of hydrogen-bond donors (Lipinski definition) is 2. The molecule has 0 unspecified atom stereocenters. The molecule has 0 spiro atoms. The minimum Gasteiger partial charge on any atom is -0.494 e. The number of hydrogen-bond acceptors (Lipinski definition) is 6. The summed E-state index contributed by atoms with van der Waals surface area (Å²) in [6, 6.07) is 5.75. The second kappa shape index (κ2) is 9.85. The first-order valence-corrected chi connectivity index (χ1v) is 10.7. The molecule has 9 nitrogen and oxygen atoms in total. The van der Waals surface area contributed by atoms with E-state index in [1.54, 1.807) is 26.0 Å². The first-order valence-electron chi connectivity index (χ1n) is 9.28. The number of benzene rings is 1. The lowest BCUT2D eigenvalue weighted by Crippen LogP contribution is -2.52. The second-order valence-corrected chi connectivity index (χ2v) is 8.70. The molecule has 1 fully saturated rings. The van der Waals surface area contributed by atoms with Crippen LogP contribution in [0.5, 0.6) is 5.75 Å². The van der Waals surface area contributed by atoms with Crippen molar-refractivity contribution < 1.29 is 22.7 Å². The molecule has 0 saturated carbocycles. The van der Waals surface area contributed by atoms with E-state index in [9.17, 15) is 18.0 Å². The second-order valence-electron chi connectivity index (χ2n) is 6.76. The molecule has 1 aromatic rings. The van der Waals surface area contributed by atoms with Gasteiger partial charge in [-0.3, -0.25) is 15.0 Å². The fourth-order valence-electron chi connectivity index (χ4n) is 2.82. The highest BCUT2D eigenvalue weighted by molar-refractivity contribution is 7.89. The lowest BCUT2D eigenvalue weighted by atomic mass is 10.3. The largest absolute Gasteiger partial charge is 0.494 e. The van der Waals surface area contributed by atoms with Gasteiger partial charge in [0.15, 0.2) is 0 Å². The Kier molecular flexibility index (Phi) is 7.78. The van der Waals surface area contributed by atoms with E-state index in [0.29, 0.717) is 25.4 Å². The van der Waals surface area contributed by atoms with E-state index in [1.807, 2.05) is 11.8 Å². The summed E-state index contributed by atoms with van der Waals surface area (Å²) in [4.78, 5) is 25.5. The molecule has 10 heteroatoms. The summed E-state index contributed by atoms with van der Waals surface area (Å²) in [5, 5.41) is 4.85. The summed E-state index contributed by atoms with van der Waals surface area (Å²) in [5.74, 6) is 0.208. The number of piperazine rings is 1. The van der Waals surface area contributed by atoms with Gasteiger partial charge in [-0.15, -0.1) is 0 Å². The van der Waals surface area contributed by atoms with Gasteiger partial charge in [-0.1, -0.05) is 0 Å². The maximum atomic E-state index is 12.8. The van der Waals surface area contributed by atoms with Crippen LogP contribution >= 0.6 is 0 Å². The van der Waals surface area contributed by atoms with Crippen molar-refractivity contribution in [3.63, 3.8) is 0 Å². The number of rotatable bonds is 7. The smallest absolute Gasteiger partial charge is 0.321 e. The van der Waals surface area contributed by atoms with Crippen LogP contribution in [0.25, 0.3) is 0 Å². The van der Waals surface area contributed by atoms with E-state index >= 15 is 0 Å². The van der Waals surface area contributed by atoms with Crippen molar-refractivity contribution in [2.45, 2.75) is 31.7 Å². The van der Waals surface area contributed by atoms with Gasteiger partial charge in [-0.05, 0) is 45.0 Å². The molecule has 1 aliphatic heterocycles. The Labute approximate surface area is 166 Å². The molecule has 0 aliphatic carbocycles. The van der Waals surface area contributed by atoms with Crippen LogP contribution in [0.3, 0.4) is 0 Å². The predicted octanol–water partition coefficient (Wildman–Crippen LogP) is 0.626. The van der Waals surface area contributed by atoms with Gasteiger partial charge in [0.1, 0.15) is 5.75 Å². The van der Waals surface area contributed by atoms with Crippen molar-refractivity contribution in [1.29, 1.82) is 0 Å². The third-order valence-electron chi connectivity index (χ3n) is 4.14. The van der Waals surface area contributed by atoms with Gasteiger partial charge in [0.05, 0.1) is 18.0 Å². The molecule has 156 valence electrons. The normalized spacial score (nSPS) is 16.0. The lowest BCUT2D eigenvalue weighted by molar-refractivity contribution is -0.121. The molecule has 1 aliphatic rings. The minimum absolute atomic E-state index is 0.0441. The van der Waals surface area contributed by atoms with Crippen LogP contribution in [0.2, 0.25) is 0 Å². The zero-order valence-corrected chi connectivity index (χ0v) is 17.3. The maximum absolute atomic E-state index is 12.8. The third-order valence-corrected chi connectivity index (χ3v) is 6.06. The standard InChI is InChI=1S/C18H28N4O5S/c1-4-27-15-5-7-16(8-6-15)28(25,26)22-11-9-21(10-12-22)13-17(23)20-18(24)19-14(2)3/h5-8,14H,4,9-13H2,1-3H3,(H2,19,20,23,24). The molecular weight excluding hydrogens is 384 g/mol. The molecule has 3 amide bonds.